The van der Waals surface area contributed by atoms with Crippen LogP contribution in [0.1, 0.15) is 52.0 Å². The van der Waals surface area contributed by atoms with E-state index in [9.17, 15) is 22.8 Å². The van der Waals surface area contributed by atoms with Gasteiger partial charge >= 0.3 is 0 Å². The van der Waals surface area contributed by atoms with Gasteiger partial charge in [-0.2, -0.15) is 4.98 Å². The fraction of sp³-hybridized carbons (Fsp3) is 0.500. The van der Waals surface area contributed by atoms with Crippen molar-refractivity contribution >= 4 is 28.6 Å². The number of fused-ring (bicyclic) bond motifs is 1. The fourth-order valence-corrected chi connectivity index (χ4v) is 5.34. The number of halogens is 4. The monoisotopic (exact) mass is 560 g/mol. The lowest BCUT2D eigenvalue weighted by Crippen LogP contribution is -2.36. The number of nitrogens with zero attached hydrogens (tertiary/aromatic N) is 4. The largest absolute Gasteiger partial charge is 0.351 e. The van der Waals surface area contributed by atoms with Crippen molar-refractivity contribution < 1.29 is 22.4 Å². The summed E-state index contributed by atoms with van der Waals surface area (Å²) in [5.74, 6) is -6.06. The lowest BCUT2D eigenvalue weighted by molar-refractivity contribution is -0.117. The van der Waals surface area contributed by atoms with Crippen LogP contribution in [0, 0.1) is 23.4 Å². The van der Waals surface area contributed by atoms with Crippen molar-refractivity contribution in [3.8, 4) is 11.1 Å². The quantitative estimate of drug-likeness (QED) is 0.311. The van der Waals surface area contributed by atoms with E-state index >= 15 is 4.39 Å². The van der Waals surface area contributed by atoms with Crippen LogP contribution < -0.4 is 16.2 Å². The molecule has 0 spiro atoms. The molecule has 2 aliphatic carbocycles. The Balaban J connectivity index is 1.49. The van der Waals surface area contributed by atoms with Gasteiger partial charge in [-0.1, -0.05) is 0 Å². The summed E-state index contributed by atoms with van der Waals surface area (Å²) in [6, 6.07) is 2.25. The molecule has 0 saturated heterocycles. The van der Waals surface area contributed by atoms with E-state index in [2.05, 4.69) is 34.3 Å². The number of benzene rings is 1. The van der Waals surface area contributed by atoms with E-state index in [1.54, 1.807) is 13.8 Å². The second-order valence-corrected chi connectivity index (χ2v) is 11.2. The summed E-state index contributed by atoms with van der Waals surface area (Å²) in [6.07, 6.45) is 4.01. The summed E-state index contributed by atoms with van der Waals surface area (Å²) in [4.78, 5) is 36.7. The number of carbonyl (C=O) groups is 1. The summed E-state index contributed by atoms with van der Waals surface area (Å²) in [5.41, 5.74) is -2.30. The van der Waals surface area contributed by atoms with Gasteiger partial charge in [-0.3, -0.25) is 14.2 Å². The van der Waals surface area contributed by atoms with E-state index in [0.717, 1.165) is 25.7 Å². The van der Waals surface area contributed by atoms with Crippen LogP contribution in [0.25, 0.3) is 22.2 Å². The van der Waals surface area contributed by atoms with E-state index in [1.807, 2.05) is 5.32 Å². The minimum absolute atomic E-state index is 0.0572. The van der Waals surface area contributed by atoms with Crippen LogP contribution in [-0.4, -0.2) is 57.7 Å². The normalized spacial score (nSPS) is 22.6. The molecule has 2 aromatic heterocycles. The van der Waals surface area contributed by atoms with Crippen LogP contribution in [-0.2, 0) is 4.79 Å². The Labute approximate surface area is 228 Å². The second kappa shape index (κ2) is 10.8. The van der Waals surface area contributed by atoms with Gasteiger partial charge in [-0.05, 0) is 72.2 Å². The molecule has 0 aliphatic heterocycles. The lowest BCUT2D eigenvalue weighted by Gasteiger charge is -2.33. The zero-order valence-corrected chi connectivity index (χ0v) is 22.8. The summed E-state index contributed by atoms with van der Waals surface area (Å²) in [6.45, 7) is 3.49. The maximum Gasteiger partial charge on any atom is 0.260 e. The van der Waals surface area contributed by atoms with Gasteiger partial charge in [-0.15, -0.1) is 0 Å². The predicted octanol–water partition coefficient (Wildman–Crippen LogP) is 5.04. The molecule has 2 atom stereocenters. The number of amides is 1. The lowest BCUT2D eigenvalue weighted by atomic mass is 9.91. The molecule has 2 aliphatic rings. The van der Waals surface area contributed by atoms with E-state index in [-0.39, 0.29) is 18.0 Å². The predicted molar refractivity (Wildman–Crippen MR) is 144 cm³/mol. The Bertz CT molecular complexity index is 1520. The van der Waals surface area contributed by atoms with Crippen LogP contribution >= 0.6 is 0 Å². The molecule has 8 nitrogen and oxygen atoms in total. The van der Waals surface area contributed by atoms with Crippen LogP contribution in [0.15, 0.2) is 23.1 Å². The second-order valence-electron chi connectivity index (χ2n) is 11.2. The Hall–Kier alpha value is -3.54. The van der Waals surface area contributed by atoms with Gasteiger partial charge in [0.1, 0.15) is 17.5 Å². The molecule has 40 heavy (non-hydrogen) atoms. The molecule has 12 heteroatoms. The maximum absolute atomic E-state index is 15.2. The van der Waals surface area contributed by atoms with E-state index in [4.69, 9.17) is 0 Å². The van der Waals surface area contributed by atoms with Crippen molar-refractivity contribution in [3.63, 3.8) is 0 Å². The molecule has 2 N–H and O–H groups in total. The first-order chi connectivity index (χ1) is 19.0. The maximum atomic E-state index is 15.2. The van der Waals surface area contributed by atoms with E-state index < -0.39 is 58.3 Å². The standard InChI is InChI=1S/C28H32F4N6O2/c1-13(2)38-25-14(12-33-28(36-25)34-15-5-7-16(8-6-15)37(3)4)9-18(27(38)40)17-10-21(30)24(23(32)22(17)31)35-26(39)19-11-20(19)29/h9-10,12-13,15-16,19-20H,5-8,11H2,1-4H3,(H,35,39)(H,33,34,36)/t15?,16?,19-,20-/m1/s1. The Morgan fingerprint density at radius 1 is 1.07 bits per heavy atom. The highest BCUT2D eigenvalue weighted by atomic mass is 19.2. The first-order valence-electron chi connectivity index (χ1n) is 13.4. The van der Waals surface area contributed by atoms with Gasteiger partial charge in [0, 0.05) is 35.3 Å². The molecule has 2 fully saturated rings. The average Bonchev–Trinajstić information content (AvgIpc) is 3.65. The number of hydrogen-bond acceptors (Lipinski definition) is 6. The Kier molecular flexibility index (Phi) is 7.56. The number of hydrogen-bond donors (Lipinski definition) is 2. The van der Waals surface area contributed by atoms with Crippen LogP contribution in [0.3, 0.4) is 0 Å². The van der Waals surface area contributed by atoms with Gasteiger partial charge in [0.25, 0.3) is 5.56 Å². The van der Waals surface area contributed by atoms with Crippen molar-refractivity contribution in [1.82, 2.24) is 19.4 Å². The number of carbonyl (C=O) groups excluding carboxylic acids is 1. The van der Waals surface area contributed by atoms with Gasteiger partial charge in [0.15, 0.2) is 17.5 Å². The van der Waals surface area contributed by atoms with Gasteiger partial charge in [0.05, 0.1) is 11.5 Å². The highest BCUT2D eigenvalue weighted by molar-refractivity contribution is 5.95. The number of anilines is 2. The van der Waals surface area contributed by atoms with Crippen LogP contribution in [0.4, 0.5) is 29.2 Å². The summed E-state index contributed by atoms with van der Waals surface area (Å²) in [7, 11) is 4.14. The van der Waals surface area contributed by atoms with Crippen molar-refractivity contribution in [2.45, 2.75) is 70.2 Å². The number of pyridine rings is 1. The third-order valence-electron chi connectivity index (χ3n) is 7.80. The molecule has 0 radical (unpaired) electrons. The van der Waals surface area contributed by atoms with Gasteiger partial charge in [0.2, 0.25) is 11.9 Å². The Morgan fingerprint density at radius 3 is 2.35 bits per heavy atom. The SMILES string of the molecule is CC(C)n1c(=O)c(-c2cc(F)c(NC(=O)[C@@H]3C[C@H]3F)c(F)c2F)cc2cnc(NC3CCC(N(C)C)CC3)nc21. The zero-order chi connectivity index (χ0) is 28.9. The summed E-state index contributed by atoms with van der Waals surface area (Å²) < 4.78 is 59.6. The number of aromatic nitrogens is 3. The first kappa shape index (κ1) is 28.0. The Morgan fingerprint density at radius 2 is 1.75 bits per heavy atom. The van der Waals surface area contributed by atoms with Crippen molar-refractivity contribution in [2.24, 2.45) is 5.92 Å². The highest BCUT2D eigenvalue weighted by Crippen LogP contribution is 2.37. The molecular weight excluding hydrogens is 528 g/mol. The molecule has 1 aromatic carbocycles. The summed E-state index contributed by atoms with van der Waals surface area (Å²) in [5, 5.41) is 5.66. The van der Waals surface area contributed by atoms with Crippen molar-refractivity contribution in [1.29, 1.82) is 0 Å². The molecular formula is C28H32F4N6O2. The average molecular weight is 561 g/mol. The summed E-state index contributed by atoms with van der Waals surface area (Å²) >= 11 is 0. The highest BCUT2D eigenvalue weighted by Gasteiger charge is 2.44. The molecule has 0 bridgehead atoms. The van der Waals surface area contributed by atoms with Crippen LogP contribution in [0.2, 0.25) is 0 Å². The van der Waals surface area contributed by atoms with Crippen molar-refractivity contribution in [2.75, 3.05) is 24.7 Å². The molecule has 5 rings (SSSR count). The first-order valence-corrected chi connectivity index (χ1v) is 13.4. The third kappa shape index (κ3) is 5.28. The van der Waals surface area contributed by atoms with Crippen LogP contribution in [0.5, 0.6) is 0 Å². The fourth-order valence-electron chi connectivity index (χ4n) is 5.34. The molecule has 2 heterocycles. The number of rotatable bonds is 7. The number of alkyl halides is 1. The van der Waals surface area contributed by atoms with Gasteiger partial charge in [-0.25, -0.2) is 22.5 Å². The zero-order valence-electron chi connectivity index (χ0n) is 22.8. The van der Waals surface area contributed by atoms with Gasteiger partial charge < -0.3 is 15.5 Å². The molecule has 214 valence electrons. The third-order valence-corrected chi connectivity index (χ3v) is 7.80. The molecule has 1 amide bonds. The molecule has 2 saturated carbocycles. The minimum Gasteiger partial charge on any atom is -0.351 e. The molecule has 0 unspecified atom stereocenters. The smallest absolute Gasteiger partial charge is 0.260 e. The van der Waals surface area contributed by atoms with E-state index in [0.29, 0.717) is 29.1 Å². The molecule has 3 aromatic rings. The number of nitrogens with one attached hydrogen (secondary N) is 2. The van der Waals surface area contributed by atoms with E-state index in [1.165, 1.54) is 16.8 Å². The topological polar surface area (TPSA) is 92.1 Å². The minimum atomic E-state index is -1.67. The van der Waals surface area contributed by atoms with Crippen molar-refractivity contribution in [3.05, 3.63) is 46.1 Å².